The molecule has 1 aliphatic carbocycles. The van der Waals surface area contributed by atoms with Crippen LogP contribution in [0.15, 0.2) is 23.6 Å². The third-order valence-corrected chi connectivity index (χ3v) is 5.29. The topological polar surface area (TPSA) is 62.2 Å². The maximum Gasteiger partial charge on any atom is 0.416 e. The van der Waals surface area contributed by atoms with Gasteiger partial charge in [-0.05, 0) is 37.0 Å². The number of carboxylic acid groups (broad SMARTS) is 1. The Morgan fingerprint density at radius 2 is 2.04 bits per heavy atom. The normalized spacial score (nSPS) is 15.3. The van der Waals surface area contributed by atoms with Gasteiger partial charge in [-0.25, -0.2) is 4.98 Å². The van der Waals surface area contributed by atoms with E-state index in [0.29, 0.717) is 28.8 Å². The molecule has 0 amide bonds. The fourth-order valence-electron chi connectivity index (χ4n) is 3.07. The molecule has 2 aromatic rings. The maximum atomic E-state index is 13.0. The second-order valence-electron chi connectivity index (χ2n) is 6.37. The van der Waals surface area contributed by atoms with Crippen LogP contribution >= 0.6 is 11.3 Å². The van der Waals surface area contributed by atoms with E-state index < -0.39 is 17.7 Å². The van der Waals surface area contributed by atoms with E-state index in [2.05, 4.69) is 4.98 Å². The lowest BCUT2D eigenvalue weighted by atomic mass is 10.1. The van der Waals surface area contributed by atoms with Crippen molar-refractivity contribution in [3.05, 3.63) is 45.4 Å². The lowest BCUT2D eigenvalue weighted by molar-refractivity contribution is -0.255. The largest absolute Gasteiger partial charge is 0.543 e. The molecule has 0 spiro atoms. The van der Waals surface area contributed by atoms with Gasteiger partial charge in [-0.15, -0.1) is 11.3 Å². The highest BCUT2D eigenvalue weighted by molar-refractivity contribution is 7.09. The Labute approximate surface area is 152 Å². The minimum atomic E-state index is -4.46. The molecule has 3 rings (SSSR count). The van der Waals surface area contributed by atoms with Gasteiger partial charge < -0.3 is 14.6 Å². The third-order valence-electron chi connectivity index (χ3n) is 4.44. The van der Waals surface area contributed by atoms with Crippen LogP contribution in [0.2, 0.25) is 0 Å². The molecule has 0 atom stereocenters. The molecular weight excluding hydrogens is 367 g/mol. The van der Waals surface area contributed by atoms with E-state index in [0.717, 1.165) is 49.2 Å². The number of carbonyl (C=O) groups excluding carboxylic acids is 1. The number of nitrogens with zero attached hydrogens (tertiary/aromatic N) is 1. The van der Waals surface area contributed by atoms with Crippen LogP contribution in [0.5, 0.6) is 5.75 Å². The molecular formula is C18H17F3NO3S-. The van der Waals surface area contributed by atoms with Crippen LogP contribution < -0.4 is 9.84 Å². The number of ether oxygens (including phenoxy) is 1. The van der Waals surface area contributed by atoms with Gasteiger partial charge in [-0.3, -0.25) is 0 Å². The fourth-order valence-corrected chi connectivity index (χ4v) is 3.85. The molecule has 1 aliphatic rings. The molecule has 0 radical (unpaired) electrons. The fraction of sp³-hybridized carbons (Fsp3) is 0.444. The number of rotatable bonds is 6. The molecule has 140 valence electrons. The zero-order valence-corrected chi connectivity index (χ0v) is 14.7. The number of benzene rings is 1. The molecule has 0 aliphatic heterocycles. The molecule has 1 fully saturated rings. The first kappa shape index (κ1) is 18.7. The summed E-state index contributed by atoms with van der Waals surface area (Å²) in [6, 6.07) is 3.38. The Balaban J connectivity index is 1.83. The molecule has 1 saturated carbocycles. The van der Waals surface area contributed by atoms with Gasteiger partial charge in [-0.2, -0.15) is 13.2 Å². The lowest BCUT2D eigenvalue weighted by Gasteiger charge is -2.16. The average molecular weight is 384 g/mol. The number of alkyl halides is 3. The van der Waals surface area contributed by atoms with Crippen LogP contribution in [0.4, 0.5) is 13.2 Å². The van der Waals surface area contributed by atoms with Crippen LogP contribution in [0, 0.1) is 5.92 Å². The second-order valence-corrected chi connectivity index (χ2v) is 7.32. The molecule has 1 heterocycles. The number of aromatic nitrogens is 1. The SMILES string of the molecule is O=C([O-])c1csc(Cc2cc(C(F)(F)F)ccc2OCC2CCCC2)n1. The number of hydrogen-bond donors (Lipinski definition) is 0. The molecule has 0 unspecified atom stereocenters. The first-order valence-corrected chi connectivity index (χ1v) is 9.19. The van der Waals surface area contributed by atoms with Gasteiger partial charge in [0.25, 0.3) is 0 Å². The highest BCUT2D eigenvalue weighted by Gasteiger charge is 2.31. The van der Waals surface area contributed by atoms with Gasteiger partial charge in [0.15, 0.2) is 0 Å². The molecule has 1 aromatic carbocycles. The number of carboxylic acids is 1. The summed E-state index contributed by atoms with van der Waals surface area (Å²) in [7, 11) is 0. The Morgan fingerprint density at radius 1 is 1.31 bits per heavy atom. The monoisotopic (exact) mass is 384 g/mol. The van der Waals surface area contributed by atoms with Crippen LogP contribution in [0.25, 0.3) is 0 Å². The summed E-state index contributed by atoms with van der Waals surface area (Å²) in [5.41, 5.74) is -0.639. The zero-order chi connectivity index (χ0) is 18.7. The maximum absolute atomic E-state index is 13.0. The van der Waals surface area contributed by atoms with E-state index in [4.69, 9.17) is 4.74 Å². The van der Waals surface area contributed by atoms with Gasteiger partial charge in [0.2, 0.25) is 0 Å². The van der Waals surface area contributed by atoms with Crippen molar-refractivity contribution in [1.82, 2.24) is 4.98 Å². The summed E-state index contributed by atoms with van der Waals surface area (Å²) in [6.45, 7) is 0.473. The van der Waals surface area contributed by atoms with Crippen LogP contribution in [-0.2, 0) is 12.6 Å². The summed E-state index contributed by atoms with van der Waals surface area (Å²) < 4.78 is 44.9. The van der Waals surface area contributed by atoms with E-state index in [-0.39, 0.29) is 12.1 Å². The summed E-state index contributed by atoms with van der Waals surface area (Å²) in [4.78, 5) is 14.7. The molecule has 0 saturated heterocycles. The highest BCUT2D eigenvalue weighted by Crippen LogP contribution is 2.34. The Bertz CT molecular complexity index is 782. The van der Waals surface area contributed by atoms with Crippen molar-refractivity contribution >= 4 is 17.3 Å². The van der Waals surface area contributed by atoms with Gasteiger partial charge in [0.1, 0.15) is 5.75 Å². The number of aromatic carboxylic acids is 1. The van der Waals surface area contributed by atoms with Crippen molar-refractivity contribution < 1.29 is 27.8 Å². The van der Waals surface area contributed by atoms with Gasteiger partial charge in [0.05, 0.1) is 28.8 Å². The van der Waals surface area contributed by atoms with Gasteiger partial charge >= 0.3 is 6.18 Å². The van der Waals surface area contributed by atoms with E-state index >= 15 is 0 Å². The number of carbonyl (C=O) groups is 1. The molecule has 4 nitrogen and oxygen atoms in total. The van der Waals surface area contributed by atoms with Crippen LogP contribution in [-0.4, -0.2) is 17.6 Å². The van der Waals surface area contributed by atoms with Gasteiger partial charge in [-0.1, -0.05) is 12.8 Å². The number of hydrogen-bond acceptors (Lipinski definition) is 5. The number of halogens is 3. The third kappa shape index (κ3) is 4.55. The van der Waals surface area contributed by atoms with Crippen molar-refractivity contribution in [3.8, 4) is 5.75 Å². The van der Waals surface area contributed by atoms with E-state index in [9.17, 15) is 23.1 Å². The molecule has 26 heavy (non-hydrogen) atoms. The Morgan fingerprint density at radius 3 is 2.65 bits per heavy atom. The standard InChI is InChI=1S/C18H18F3NO3S/c19-18(20,21)13-5-6-15(25-9-11-3-1-2-4-11)12(7-13)8-16-22-14(10-26-16)17(23)24/h5-7,10-11H,1-4,8-9H2,(H,23,24)/p-1. The zero-order valence-electron chi connectivity index (χ0n) is 13.8. The first-order chi connectivity index (χ1) is 12.3. The molecule has 1 aromatic heterocycles. The minimum Gasteiger partial charge on any atom is -0.543 e. The predicted octanol–water partition coefficient (Wildman–Crippen LogP) is 3.69. The Kier molecular flexibility index (Phi) is 5.50. The quantitative estimate of drug-likeness (QED) is 0.762. The van der Waals surface area contributed by atoms with Crippen molar-refractivity contribution in [3.63, 3.8) is 0 Å². The highest BCUT2D eigenvalue weighted by atomic mass is 32.1. The van der Waals surface area contributed by atoms with Crippen molar-refractivity contribution in [2.75, 3.05) is 6.61 Å². The summed E-state index contributed by atoms with van der Waals surface area (Å²) in [5.74, 6) is -0.598. The minimum absolute atomic E-state index is 0.0713. The van der Waals surface area contributed by atoms with E-state index in [1.807, 2.05) is 0 Å². The lowest BCUT2D eigenvalue weighted by Crippen LogP contribution is -2.22. The average Bonchev–Trinajstić information content (AvgIpc) is 3.24. The summed E-state index contributed by atoms with van der Waals surface area (Å²) in [6.07, 6.45) is 0.0481. The van der Waals surface area contributed by atoms with Gasteiger partial charge in [0, 0.05) is 17.4 Å². The van der Waals surface area contributed by atoms with Crippen LogP contribution in [0.1, 0.15) is 52.3 Å². The van der Waals surface area contributed by atoms with Crippen molar-refractivity contribution in [1.29, 1.82) is 0 Å². The van der Waals surface area contributed by atoms with E-state index in [1.165, 1.54) is 11.4 Å². The second kappa shape index (κ2) is 7.65. The van der Waals surface area contributed by atoms with E-state index in [1.54, 1.807) is 0 Å². The predicted molar refractivity (Wildman–Crippen MR) is 88.1 cm³/mol. The molecule has 0 bridgehead atoms. The van der Waals surface area contributed by atoms with Crippen molar-refractivity contribution in [2.24, 2.45) is 5.92 Å². The summed E-state index contributed by atoms with van der Waals surface area (Å²) >= 11 is 1.07. The van der Waals surface area contributed by atoms with Crippen LogP contribution in [0.3, 0.4) is 0 Å². The van der Waals surface area contributed by atoms with Crippen molar-refractivity contribution in [2.45, 2.75) is 38.3 Å². The molecule has 8 heteroatoms. The Hall–Kier alpha value is -2.09. The molecule has 0 N–H and O–H groups in total. The first-order valence-electron chi connectivity index (χ1n) is 8.31. The number of thiazole rings is 1. The summed E-state index contributed by atoms with van der Waals surface area (Å²) in [5, 5.41) is 12.5. The smallest absolute Gasteiger partial charge is 0.416 e.